The Labute approximate surface area is 71.8 Å². The normalized spacial score (nSPS) is 12.2. The number of alkyl halides is 3. The van der Waals surface area contributed by atoms with Gasteiger partial charge in [-0.15, -0.1) is 0 Å². The lowest BCUT2D eigenvalue weighted by molar-refractivity contribution is -0.136. The molecule has 67 valence electrons. The first-order valence-electron chi connectivity index (χ1n) is 3.55. The molecule has 1 radical (unpaired) electrons. The predicted molar refractivity (Wildman–Crippen MR) is 40.1 cm³/mol. The largest absolute Gasteiger partial charge is 0.452 e. The molecule has 4 heteroatoms. The molecule has 0 atom stereocenters. The highest BCUT2D eigenvalue weighted by molar-refractivity contribution is 5.80. The topological polar surface area (TPSA) is 13.1 Å². The second-order valence-corrected chi connectivity index (χ2v) is 2.59. The molecule has 13 heavy (non-hydrogen) atoms. The number of hydrogen-bond donors (Lipinski definition) is 0. The van der Waals surface area contributed by atoms with Crippen LogP contribution >= 0.6 is 0 Å². The molecule has 0 aliphatic rings. The number of fused-ring (bicyclic) bond motifs is 1. The van der Waals surface area contributed by atoms with E-state index in [0.29, 0.717) is 5.39 Å². The highest BCUT2D eigenvalue weighted by atomic mass is 19.4. The molecule has 0 spiro atoms. The molecule has 0 unspecified atom stereocenters. The Hall–Kier alpha value is -1.45. The SMILES string of the molecule is FC(F)(F)c1cccc2c[c]oc12. The summed E-state index contributed by atoms with van der Waals surface area (Å²) in [5.41, 5.74) is -0.916. The number of para-hydroxylation sites is 1. The summed E-state index contributed by atoms with van der Waals surface area (Å²) in [6.45, 7) is 0. The van der Waals surface area contributed by atoms with Crippen molar-refractivity contribution in [3.05, 3.63) is 36.1 Å². The third-order valence-electron chi connectivity index (χ3n) is 1.73. The van der Waals surface area contributed by atoms with Crippen LogP contribution in [0.5, 0.6) is 0 Å². The third kappa shape index (κ3) is 1.28. The summed E-state index contributed by atoms with van der Waals surface area (Å²) in [6, 6.07) is 5.25. The van der Waals surface area contributed by atoms with Gasteiger partial charge in [0.25, 0.3) is 0 Å². The van der Waals surface area contributed by atoms with Crippen molar-refractivity contribution < 1.29 is 17.6 Å². The molecular weight excluding hydrogens is 181 g/mol. The molecule has 2 aromatic rings. The van der Waals surface area contributed by atoms with Crippen molar-refractivity contribution >= 4 is 11.0 Å². The van der Waals surface area contributed by atoms with Gasteiger partial charge in [-0.25, -0.2) is 0 Å². The van der Waals surface area contributed by atoms with E-state index in [1.807, 2.05) is 0 Å². The van der Waals surface area contributed by atoms with Gasteiger partial charge in [0.15, 0.2) is 6.26 Å². The summed E-state index contributed by atoms with van der Waals surface area (Å²) in [5.74, 6) is 0. The van der Waals surface area contributed by atoms with Crippen molar-refractivity contribution in [2.45, 2.75) is 6.18 Å². The minimum Gasteiger partial charge on any atom is -0.452 e. The van der Waals surface area contributed by atoms with Crippen molar-refractivity contribution in [2.24, 2.45) is 0 Å². The molecular formula is C9H4F3O. The maximum atomic E-state index is 12.3. The first-order valence-corrected chi connectivity index (χ1v) is 3.55. The maximum Gasteiger partial charge on any atom is 0.420 e. The zero-order valence-corrected chi connectivity index (χ0v) is 6.35. The standard InChI is InChI=1S/C9H4F3O/c10-9(11,12)7-3-1-2-6-4-5-13-8(6)7/h1-4H. The van der Waals surface area contributed by atoms with Gasteiger partial charge in [-0.2, -0.15) is 13.2 Å². The Bertz CT molecular complexity index is 428. The van der Waals surface area contributed by atoms with Gasteiger partial charge in [-0.05, 0) is 12.1 Å². The van der Waals surface area contributed by atoms with Gasteiger partial charge in [0, 0.05) is 5.39 Å². The Morgan fingerprint density at radius 1 is 1.23 bits per heavy atom. The van der Waals surface area contributed by atoms with Crippen LogP contribution < -0.4 is 0 Å². The molecule has 0 amide bonds. The minimum atomic E-state index is -4.37. The second kappa shape index (κ2) is 2.52. The molecule has 0 bridgehead atoms. The molecule has 0 saturated carbocycles. The van der Waals surface area contributed by atoms with Gasteiger partial charge in [0.2, 0.25) is 0 Å². The molecule has 2 rings (SSSR count). The highest BCUT2D eigenvalue weighted by Gasteiger charge is 2.33. The van der Waals surface area contributed by atoms with Crippen molar-refractivity contribution in [1.82, 2.24) is 0 Å². The van der Waals surface area contributed by atoms with Crippen molar-refractivity contribution in [3.8, 4) is 0 Å². The molecule has 1 aromatic heterocycles. The van der Waals surface area contributed by atoms with E-state index >= 15 is 0 Å². The number of rotatable bonds is 0. The maximum absolute atomic E-state index is 12.3. The second-order valence-electron chi connectivity index (χ2n) is 2.59. The molecule has 1 aromatic carbocycles. The quantitative estimate of drug-likeness (QED) is 0.614. The summed E-state index contributed by atoms with van der Waals surface area (Å²) >= 11 is 0. The molecule has 0 saturated heterocycles. The lowest BCUT2D eigenvalue weighted by Gasteiger charge is -2.05. The van der Waals surface area contributed by atoms with Gasteiger partial charge < -0.3 is 4.42 Å². The van der Waals surface area contributed by atoms with Gasteiger partial charge in [0.05, 0.1) is 5.56 Å². The molecule has 0 fully saturated rings. The van der Waals surface area contributed by atoms with Gasteiger partial charge in [0.1, 0.15) is 5.58 Å². The summed E-state index contributed by atoms with van der Waals surface area (Å²) in [4.78, 5) is 0. The van der Waals surface area contributed by atoms with E-state index in [4.69, 9.17) is 0 Å². The Morgan fingerprint density at radius 3 is 2.69 bits per heavy atom. The van der Waals surface area contributed by atoms with Crippen LogP contribution in [-0.2, 0) is 6.18 Å². The first kappa shape index (κ1) is 8.16. The Kier molecular flexibility index (Phi) is 1.58. The van der Waals surface area contributed by atoms with Gasteiger partial charge in [-0.1, -0.05) is 12.1 Å². The number of furan rings is 1. The average Bonchev–Trinajstić information content (AvgIpc) is 2.48. The van der Waals surface area contributed by atoms with E-state index in [1.54, 1.807) is 6.07 Å². The minimum absolute atomic E-state index is 0.157. The zero-order valence-electron chi connectivity index (χ0n) is 6.35. The van der Waals surface area contributed by atoms with E-state index in [-0.39, 0.29) is 5.58 Å². The predicted octanol–water partition coefficient (Wildman–Crippen LogP) is 3.25. The van der Waals surface area contributed by atoms with Crippen LogP contribution in [0.2, 0.25) is 0 Å². The first-order chi connectivity index (χ1) is 6.09. The molecule has 0 N–H and O–H groups in total. The van der Waals surface area contributed by atoms with Crippen LogP contribution in [0, 0.1) is 6.26 Å². The van der Waals surface area contributed by atoms with Gasteiger partial charge >= 0.3 is 6.18 Å². The lowest BCUT2D eigenvalue weighted by Crippen LogP contribution is -2.04. The molecule has 0 aliphatic heterocycles. The average molecular weight is 185 g/mol. The van der Waals surface area contributed by atoms with Crippen LogP contribution in [0.15, 0.2) is 28.7 Å². The number of halogens is 3. The monoisotopic (exact) mass is 185 g/mol. The summed E-state index contributed by atoms with van der Waals surface area (Å²) in [6.07, 6.45) is -2.09. The molecule has 0 aliphatic carbocycles. The molecule has 1 nitrogen and oxygen atoms in total. The van der Waals surface area contributed by atoms with Crippen LogP contribution in [-0.4, -0.2) is 0 Å². The van der Waals surface area contributed by atoms with Crippen LogP contribution in [0.1, 0.15) is 5.56 Å². The fourth-order valence-corrected chi connectivity index (χ4v) is 1.16. The lowest BCUT2D eigenvalue weighted by atomic mass is 10.1. The Balaban J connectivity index is 2.75. The Morgan fingerprint density at radius 2 is 2.00 bits per heavy atom. The summed E-state index contributed by atoms with van der Waals surface area (Å²) < 4.78 is 41.6. The van der Waals surface area contributed by atoms with Crippen LogP contribution in [0.25, 0.3) is 11.0 Å². The number of benzene rings is 1. The third-order valence-corrected chi connectivity index (χ3v) is 1.73. The highest BCUT2D eigenvalue weighted by Crippen LogP contribution is 2.34. The number of hydrogen-bond acceptors (Lipinski definition) is 1. The summed E-state index contributed by atoms with van der Waals surface area (Å²) in [7, 11) is 0. The summed E-state index contributed by atoms with van der Waals surface area (Å²) in [5, 5.41) is 0.412. The smallest absolute Gasteiger partial charge is 0.420 e. The van der Waals surface area contributed by atoms with E-state index in [0.717, 1.165) is 6.07 Å². The van der Waals surface area contributed by atoms with Gasteiger partial charge in [-0.3, -0.25) is 0 Å². The van der Waals surface area contributed by atoms with E-state index in [1.165, 1.54) is 12.1 Å². The van der Waals surface area contributed by atoms with Crippen molar-refractivity contribution in [2.75, 3.05) is 0 Å². The van der Waals surface area contributed by atoms with Crippen LogP contribution in [0.4, 0.5) is 13.2 Å². The fraction of sp³-hybridized carbons (Fsp3) is 0.111. The molecule has 1 heterocycles. The fourth-order valence-electron chi connectivity index (χ4n) is 1.16. The zero-order chi connectivity index (χ0) is 9.47. The van der Waals surface area contributed by atoms with Crippen molar-refractivity contribution in [1.29, 1.82) is 0 Å². The van der Waals surface area contributed by atoms with Crippen LogP contribution in [0.3, 0.4) is 0 Å². The van der Waals surface area contributed by atoms with E-state index in [9.17, 15) is 13.2 Å². The van der Waals surface area contributed by atoms with Crippen molar-refractivity contribution in [3.63, 3.8) is 0 Å². The van der Waals surface area contributed by atoms with E-state index in [2.05, 4.69) is 10.7 Å². The van der Waals surface area contributed by atoms with E-state index < -0.39 is 11.7 Å².